The maximum absolute atomic E-state index is 11.9. The maximum atomic E-state index is 11.9. The van der Waals surface area contributed by atoms with Crippen LogP contribution >= 0.6 is 0 Å². The van der Waals surface area contributed by atoms with E-state index < -0.39 is 23.3 Å². The van der Waals surface area contributed by atoms with Crippen LogP contribution in [0.25, 0.3) is 0 Å². The summed E-state index contributed by atoms with van der Waals surface area (Å²) >= 11 is 0. The summed E-state index contributed by atoms with van der Waals surface area (Å²) in [5.74, 6) is 0. The van der Waals surface area contributed by atoms with E-state index in [4.69, 9.17) is 10.5 Å². The Balaban J connectivity index is 2.93. The molecule has 0 aliphatic rings. The number of nitrogens with two attached hydrogens (primary N) is 1. The van der Waals surface area contributed by atoms with Crippen molar-refractivity contribution in [3.63, 3.8) is 0 Å². The Morgan fingerprint density at radius 1 is 1.30 bits per heavy atom. The molecule has 112 valence electrons. The Kier molecular flexibility index (Phi) is 5.14. The Morgan fingerprint density at radius 2 is 1.85 bits per heavy atom. The summed E-state index contributed by atoms with van der Waals surface area (Å²) in [6.07, 6.45) is -0.583. The summed E-state index contributed by atoms with van der Waals surface area (Å²) in [5.41, 5.74) is 4.51. The lowest BCUT2D eigenvalue weighted by Gasteiger charge is -2.33. The van der Waals surface area contributed by atoms with Crippen molar-refractivity contribution < 1.29 is 14.6 Å². The van der Waals surface area contributed by atoms with Gasteiger partial charge >= 0.3 is 6.09 Å². The standard InChI is InChI=1S/C15H24N2O3/c1-14(2,3)20-13(18)17-12(15(4,19)10-16)11-8-6-5-7-9-11/h5-9,12,19H,10,16H2,1-4H3,(H,17,18). The van der Waals surface area contributed by atoms with Crippen molar-refractivity contribution in [3.8, 4) is 0 Å². The summed E-state index contributed by atoms with van der Waals surface area (Å²) in [4.78, 5) is 11.9. The number of rotatable bonds is 4. The predicted molar refractivity (Wildman–Crippen MR) is 78.2 cm³/mol. The lowest BCUT2D eigenvalue weighted by Crippen LogP contribution is -2.49. The molecule has 0 aliphatic heterocycles. The number of ether oxygens (including phenoxy) is 1. The van der Waals surface area contributed by atoms with Gasteiger partial charge in [-0.1, -0.05) is 30.3 Å². The van der Waals surface area contributed by atoms with Gasteiger partial charge in [0.15, 0.2) is 0 Å². The first-order chi connectivity index (χ1) is 9.15. The van der Waals surface area contributed by atoms with Crippen LogP contribution in [-0.4, -0.2) is 28.9 Å². The first-order valence-corrected chi connectivity index (χ1v) is 6.62. The van der Waals surface area contributed by atoms with Crippen LogP contribution in [0.15, 0.2) is 30.3 Å². The molecule has 0 aromatic heterocycles. The van der Waals surface area contributed by atoms with Gasteiger partial charge in [0.1, 0.15) is 5.60 Å². The summed E-state index contributed by atoms with van der Waals surface area (Å²) in [6, 6.07) is 8.56. The molecule has 0 saturated heterocycles. The summed E-state index contributed by atoms with van der Waals surface area (Å²) < 4.78 is 5.23. The Morgan fingerprint density at radius 3 is 2.30 bits per heavy atom. The molecule has 0 heterocycles. The van der Waals surface area contributed by atoms with E-state index in [0.29, 0.717) is 0 Å². The molecule has 20 heavy (non-hydrogen) atoms. The van der Waals surface area contributed by atoms with E-state index in [9.17, 15) is 9.90 Å². The number of alkyl carbamates (subject to hydrolysis) is 1. The van der Waals surface area contributed by atoms with Crippen LogP contribution in [0.4, 0.5) is 4.79 Å². The van der Waals surface area contributed by atoms with Gasteiger partial charge in [0.05, 0.1) is 11.6 Å². The molecule has 2 atom stereocenters. The third-order valence-corrected chi connectivity index (χ3v) is 2.83. The molecule has 0 aliphatic carbocycles. The molecule has 0 spiro atoms. The van der Waals surface area contributed by atoms with Gasteiger partial charge in [-0.25, -0.2) is 4.79 Å². The summed E-state index contributed by atoms with van der Waals surface area (Å²) in [5, 5.41) is 13.1. The average molecular weight is 280 g/mol. The van der Waals surface area contributed by atoms with Crippen LogP contribution in [0.5, 0.6) is 0 Å². The van der Waals surface area contributed by atoms with E-state index in [-0.39, 0.29) is 6.54 Å². The zero-order valence-electron chi connectivity index (χ0n) is 12.5. The number of aliphatic hydroxyl groups is 1. The number of benzene rings is 1. The monoisotopic (exact) mass is 280 g/mol. The topological polar surface area (TPSA) is 84.6 Å². The van der Waals surface area contributed by atoms with E-state index in [1.807, 2.05) is 30.3 Å². The van der Waals surface area contributed by atoms with Crippen LogP contribution in [0, 0.1) is 0 Å². The first kappa shape index (κ1) is 16.5. The second kappa shape index (κ2) is 6.24. The fourth-order valence-corrected chi connectivity index (χ4v) is 1.79. The van der Waals surface area contributed by atoms with Gasteiger partial charge < -0.3 is 20.9 Å². The molecule has 1 aromatic rings. The molecule has 1 rings (SSSR count). The molecule has 1 amide bonds. The van der Waals surface area contributed by atoms with Gasteiger partial charge in [-0.05, 0) is 33.3 Å². The SMILES string of the molecule is CC(C)(C)OC(=O)NC(c1ccccc1)C(C)(O)CN. The second-order valence-corrected chi connectivity index (χ2v) is 6.05. The quantitative estimate of drug-likeness (QED) is 0.787. The van der Waals surface area contributed by atoms with Crippen LogP contribution in [0.2, 0.25) is 0 Å². The number of carbonyl (C=O) groups is 1. The molecule has 2 unspecified atom stereocenters. The van der Waals surface area contributed by atoms with E-state index in [1.165, 1.54) is 0 Å². The van der Waals surface area contributed by atoms with E-state index in [0.717, 1.165) is 5.56 Å². The van der Waals surface area contributed by atoms with Gasteiger partial charge in [0.2, 0.25) is 0 Å². The maximum Gasteiger partial charge on any atom is 0.408 e. The normalized spacial score (nSPS) is 16.1. The van der Waals surface area contributed by atoms with Crippen LogP contribution < -0.4 is 11.1 Å². The second-order valence-electron chi connectivity index (χ2n) is 6.05. The minimum Gasteiger partial charge on any atom is -0.444 e. The van der Waals surface area contributed by atoms with Crippen molar-refractivity contribution in [2.45, 2.75) is 44.9 Å². The van der Waals surface area contributed by atoms with Crippen molar-refractivity contribution in [3.05, 3.63) is 35.9 Å². The molecule has 0 saturated carbocycles. The van der Waals surface area contributed by atoms with Crippen molar-refractivity contribution in [1.29, 1.82) is 0 Å². The molecular formula is C15H24N2O3. The summed E-state index contributed by atoms with van der Waals surface area (Å²) in [6.45, 7) is 6.95. The lowest BCUT2D eigenvalue weighted by molar-refractivity contribution is 0.0106. The number of hydrogen-bond donors (Lipinski definition) is 3. The highest BCUT2D eigenvalue weighted by molar-refractivity contribution is 5.68. The number of carbonyl (C=O) groups excluding carboxylic acids is 1. The highest BCUT2D eigenvalue weighted by Crippen LogP contribution is 2.25. The predicted octanol–water partition coefficient (Wildman–Crippen LogP) is 1.96. The fourth-order valence-electron chi connectivity index (χ4n) is 1.79. The molecule has 1 aromatic carbocycles. The summed E-state index contributed by atoms with van der Waals surface area (Å²) in [7, 11) is 0. The van der Waals surface area contributed by atoms with Crippen molar-refractivity contribution in [2.24, 2.45) is 5.73 Å². The number of hydrogen-bond acceptors (Lipinski definition) is 4. The first-order valence-electron chi connectivity index (χ1n) is 6.62. The van der Waals surface area contributed by atoms with Gasteiger partial charge in [0, 0.05) is 6.54 Å². The molecule has 5 nitrogen and oxygen atoms in total. The van der Waals surface area contributed by atoms with Gasteiger partial charge in [-0.15, -0.1) is 0 Å². The molecule has 0 bridgehead atoms. The number of amides is 1. The van der Waals surface area contributed by atoms with Crippen molar-refractivity contribution in [1.82, 2.24) is 5.32 Å². The Hall–Kier alpha value is -1.59. The average Bonchev–Trinajstić information content (AvgIpc) is 2.35. The van der Waals surface area contributed by atoms with Gasteiger partial charge in [-0.2, -0.15) is 0 Å². The molecule has 5 heteroatoms. The highest BCUT2D eigenvalue weighted by atomic mass is 16.6. The lowest BCUT2D eigenvalue weighted by atomic mass is 9.90. The van der Waals surface area contributed by atoms with Gasteiger partial charge in [-0.3, -0.25) is 0 Å². The zero-order chi connectivity index (χ0) is 15.4. The Bertz CT molecular complexity index is 438. The fraction of sp³-hybridized carbons (Fsp3) is 0.533. The third kappa shape index (κ3) is 4.83. The van der Waals surface area contributed by atoms with E-state index >= 15 is 0 Å². The minimum absolute atomic E-state index is 0.0162. The van der Waals surface area contributed by atoms with Crippen LogP contribution in [-0.2, 0) is 4.74 Å². The van der Waals surface area contributed by atoms with E-state index in [1.54, 1.807) is 27.7 Å². The number of nitrogens with one attached hydrogen (secondary N) is 1. The minimum atomic E-state index is -1.27. The Labute approximate surface area is 120 Å². The van der Waals surface area contributed by atoms with Crippen molar-refractivity contribution in [2.75, 3.05) is 6.54 Å². The highest BCUT2D eigenvalue weighted by Gasteiger charge is 2.34. The van der Waals surface area contributed by atoms with Crippen molar-refractivity contribution >= 4 is 6.09 Å². The van der Waals surface area contributed by atoms with E-state index in [2.05, 4.69) is 5.32 Å². The molecule has 0 radical (unpaired) electrons. The molecular weight excluding hydrogens is 256 g/mol. The van der Waals surface area contributed by atoms with Gasteiger partial charge in [0.25, 0.3) is 0 Å². The largest absolute Gasteiger partial charge is 0.444 e. The zero-order valence-corrected chi connectivity index (χ0v) is 12.5. The van der Waals surface area contributed by atoms with Crippen LogP contribution in [0.3, 0.4) is 0 Å². The third-order valence-electron chi connectivity index (χ3n) is 2.83. The molecule has 4 N–H and O–H groups in total. The van der Waals surface area contributed by atoms with Crippen LogP contribution in [0.1, 0.15) is 39.3 Å². The smallest absolute Gasteiger partial charge is 0.408 e. The molecule has 0 fully saturated rings.